The maximum atomic E-state index is 6.58. The van der Waals surface area contributed by atoms with Crippen molar-refractivity contribution in [1.82, 2.24) is 0 Å². The van der Waals surface area contributed by atoms with Gasteiger partial charge in [0, 0.05) is 14.8 Å². The summed E-state index contributed by atoms with van der Waals surface area (Å²) < 4.78 is 0. The normalized spacial score (nSPS) is 12.8. The van der Waals surface area contributed by atoms with Crippen molar-refractivity contribution in [2.75, 3.05) is 0 Å². The van der Waals surface area contributed by atoms with Gasteiger partial charge in [-0.25, -0.2) is 0 Å². The van der Waals surface area contributed by atoms with Gasteiger partial charge in [-0.15, -0.1) is 22.9 Å². The molecule has 0 saturated heterocycles. The molecule has 0 bridgehead atoms. The molecule has 0 radical (unpaired) electrons. The first-order chi connectivity index (χ1) is 7.99. The van der Waals surface area contributed by atoms with Gasteiger partial charge in [0.1, 0.15) is 0 Å². The first kappa shape index (κ1) is 12.9. The molecule has 1 aromatic heterocycles. The predicted octanol–water partition coefficient (Wildman–Crippen LogP) is 5.65. The molecule has 0 spiro atoms. The first-order valence-corrected chi connectivity index (χ1v) is 7.09. The van der Waals surface area contributed by atoms with E-state index in [4.69, 9.17) is 23.2 Å². The number of thiophene rings is 1. The molecular formula is C14H14Cl2S. The number of aryl methyl sites for hydroxylation is 3. The average Bonchev–Trinajstić information content (AvgIpc) is 2.60. The lowest BCUT2D eigenvalue weighted by molar-refractivity contribution is 1.13. The van der Waals surface area contributed by atoms with Crippen LogP contribution in [0.4, 0.5) is 0 Å². The van der Waals surface area contributed by atoms with E-state index in [2.05, 4.69) is 26.8 Å². The molecule has 3 heteroatoms. The Morgan fingerprint density at radius 2 is 1.76 bits per heavy atom. The van der Waals surface area contributed by atoms with Crippen molar-refractivity contribution in [3.63, 3.8) is 0 Å². The fourth-order valence-corrected chi connectivity index (χ4v) is 3.69. The summed E-state index contributed by atoms with van der Waals surface area (Å²) >= 11 is 14.4. The molecule has 1 aromatic carbocycles. The van der Waals surface area contributed by atoms with Gasteiger partial charge in [-0.2, -0.15) is 0 Å². The third-order valence-corrected chi connectivity index (χ3v) is 4.86. The van der Waals surface area contributed by atoms with Gasteiger partial charge in [0.25, 0.3) is 0 Å². The second kappa shape index (κ2) is 5.01. The van der Waals surface area contributed by atoms with E-state index < -0.39 is 0 Å². The molecule has 0 amide bonds. The lowest BCUT2D eigenvalue weighted by Crippen LogP contribution is -1.95. The topological polar surface area (TPSA) is 0 Å². The minimum atomic E-state index is -0.104. The van der Waals surface area contributed by atoms with Crippen LogP contribution < -0.4 is 0 Å². The van der Waals surface area contributed by atoms with Crippen LogP contribution in [0, 0.1) is 20.8 Å². The van der Waals surface area contributed by atoms with Gasteiger partial charge in [-0.3, -0.25) is 0 Å². The molecule has 1 unspecified atom stereocenters. The lowest BCUT2D eigenvalue weighted by atomic mass is 10.0. The fraction of sp³-hybridized carbons (Fsp3) is 0.286. The molecule has 0 N–H and O–H groups in total. The Hall–Kier alpha value is -0.500. The summed E-state index contributed by atoms with van der Waals surface area (Å²) in [6.45, 7) is 6.28. The van der Waals surface area contributed by atoms with Gasteiger partial charge in [0.15, 0.2) is 0 Å². The van der Waals surface area contributed by atoms with Crippen LogP contribution in [-0.4, -0.2) is 0 Å². The first-order valence-electron chi connectivity index (χ1n) is 5.46. The average molecular weight is 285 g/mol. The van der Waals surface area contributed by atoms with Crippen LogP contribution in [0.3, 0.4) is 0 Å². The summed E-state index contributed by atoms with van der Waals surface area (Å²) in [4.78, 5) is 2.51. The Labute approximate surface area is 116 Å². The molecule has 0 nitrogen and oxygen atoms in total. The second-order valence-corrected chi connectivity index (χ2v) is 6.43. The monoisotopic (exact) mass is 284 g/mol. The van der Waals surface area contributed by atoms with Crippen LogP contribution in [0.15, 0.2) is 24.3 Å². The van der Waals surface area contributed by atoms with Crippen LogP contribution >= 0.6 is 34.5 Å². The quantitative estimate of drug-likeness (QED) is 0.625. The molecule has 1 heterocycles. The number of rotatable bonds is 2. The highest BCUT2D eigenvalue weighted by Gasteiger charge is 2.17. The van der Waals surface area contributed by atoms with E-state index in [0.29, 0.717) is 0 Å². The molecule has 0 aliphatic rings. The minimum absolute atomic E-state index is 0.104. The number of benzene rings is 1. The Kier molecular flexibility index (Phi) is 3.82. The van der Waals surface area contributed by atoms with Crippen molar-refractivity contribution in [3.8, 4) is 0 Å². The number of halogens is 2. The molecular weight excluding hydrogens is 271 g/mol. The second-order valence-electron chi connectivity index (χ2n) is 4.27. The smallest absolute Gasteiger partial charge is 0.0933 e. The number of hydrogen-bond donors (Lipinski definition) is 0. The van der Waals surface area contributed by atoms with Gasteiger partial charge in [0.2, 0.25) is 0 Å². The molecule has 1 atom stereocenters. The van der Waals surface area contributed by atoms with Gasteiger partial charge < -0.3 is 0 Å². The Morgan fingerprint density at radius 3 is 2.35 bits per heavy atom. The van der Waals surface area contributed by atoms with E-state index in [-0.39, 0.29) is 5.38 Å². The van der Waals surface area contributed by atoms with Crippen molar-refractivity contribution in [2.24, 2.45) is 0 Å². The third-order valence-electron chi connectivity index (χ3n) is 2.82. The Bertz CT molecular complexity index is 543. The standard InChI is InChI=1S/C14H14Cl2S/c1-8-4-5-11(15)7-12(8)13(16)14-9(2)6-10(3)17-14/h4-7,13H,1-3H3. The van der Waals surface area contributed by atoms with Crippen molar-refractivity contribution in [1.29, 1.82) is 0 Å². The fourth-order valence-electron chi connectivity index (χ4n) is 1.94. The number of hydrogen-bond acceptors (Lipinski definition) is 1. The van der Waals surface area contributed by atoms with Crippen LogP contribution in [-0.2, 0) is 0 Å². The minimum Gasteiger partial charge on any atom is -0.143 e. The summed E-state index contributed by atoms with van der Waals surface area (Å²) in [7, 11) is 0. The van der Waals surface area contributed by atoms with Crippen LogP contribution in [0.5, 0.6) is 0 Å². The Balaban J connectivity index is 2.46. The molecule has 0 aliphatic carbocycles. The maximum absolute atomic E-state index is 6.58. The highest BCUT2D eigenvalue weighted by atomic mass is 35.5. The van der Waals surface area contributed by atoms with Gasteiger partial charge in [-0.1, -0.05) is 17.7 Å². The summed E-state index contributed by atoms with van der Waals surface area (Å²) in [6.07, 6.45) is 0. The van der Waals surface area contributed by atoms with Crippen LogP contribution in [0.1, 0.15) is 31.8 Å². The van der Waals surface area contributed by atoms with E-state index in [9.17, 15) is 0 Å². The summed E-state index contributed by atoms with van der Waals surface area (Å²) in [5, 5.41) is 0.634. The van der Waals surface area contributed by atoms with Crippen molar-refractivity contribution in [2.45, 2.75) is 26.1 Å². The van der Waals surface area contributed by atoms with Gasteiger partial charge in [0.05, 0.1) is 5.38 Å². The summed E-state index contributed by atoms with van der Waals surface area (Å²) in [5.41, 5.74) is 3.54. The van der Waals surface area contributed by atoms with Crippen molar-refractivity contribution in [3.05, 3.63) is 55.7 Å². The third kappa shape index (κ3) is 2.67. The van der Waals surface area contributed by atoms with Crippen LogP contribution in [0.2, 0.25) is 5.02 Å². The summed E-state index contributed by atoms with van der Waals surface area (Å²) in [5.74, 6) is 0. The zero-order valence-corrected chi connectivity index (χ0v) is 12.4. The van der Waals surface area contributed by atoms with Crippen molar-refractivity contribution >= 4 is 34.5 Å². The molecule has 0 aliphatic heterocycles. The van der Waals surface area contributed by atoms with Crippen LogP contribution in [0.25, 0.3) is 0 Å². The molecule has 90 valence electrons. The van der Waals surface area contributed by atoms with E-state index >= 15 is 0 Å². The predicted molar refractivity (Wildman–Crippen MR) is 77.7 cm³/mol. The highest BCUT2D eigenvalue weighted by Crippen LogP contribution is 2.38. The number of alkyl halides is 1. The highest BCUT2D eigenvalue weighted by molar-refractivity contribution is 7.12. The zero-order valence-electron chi connectivity index (χ0n) is 10.1. The van der Waals surface area contributed by atoms with Gasteiger partial charge in [-0.05, 0) is 55.7 Å². The maximum Gasteiger partial charge on any atom is 0.0933 e. The van der Waals surface area contributed by atoms with E-state index in [1.54, 1.807) is 11.3 Å². The SMILES string of the molecule is Cc1cc(C)c(C(Cl)c2cc(Cl)ccc2C)s1. The lowest BCUT2D eigenvalue weighted by Gasteiger charge is -2.13. The molecule has 17 heavy (non-hydrogen) atoms. The molecule has 0 saturated carbocycles. The van der Waals surface area contributed by atoms with E-state index in [1.807, 2.05) is 18.2 Å². The van der Waals surface area contributed by atoms with Gasteiger partial charge >= 0.3 is 0 Å². The van der Waals surface area contributed by atoms with E-state index in [0.717, 1.165) is 10.6 Å². The molecule has 0 fully saturated rings. The van der Waals surface area contributed by atoms with Crippen molar-refractivity contribution < 1.29 is 0 Å². The zero-order chi connectivity index (χ0) is 12.6. The molecule has 2 rings (SSSR count). The largest absolute Gasteiger partial charge is 0.143 e. The Morgan fingerprint density at radius 1 is 1.06 bits per heavy atom. The summed E-state index contributed by atoms with van der Waals surface area (Å²) in [6, 6.07) is 8.05. The van der Waals surface area contributed by atoms with E-state index in [1.165, 1.54) is 20.9 Å². The molecule has 2 aromatic rings.